The summed E-state index contributed by atoms with van der Waals surface area (Å²) >= 11 is 0. The maximum atomic E-state index is 9.92. The molecular weight excluding hydrogens is 298 g/mol. The van der Waals surface area contributed by atoms with Gasteiger partial charge < -0.3 is 14.9 Å². The Balaban J connectivity index is 1.65. The molecule has 0 aliphatic carbocycles. The molecular formula is C20H25N3O. The number of aromatic hydroxyl groups is 1. The molecule has 0 saturated carbocycles. The van der Waals surface area contributed by atoms with Gasteiger partial charge in [-0.3, -0.25) is 4.99 Å². The van der Waals surface area contributed by atoms with E-state index in [9.17, 15) is 5.11 Å². The normalized spacial score (nSPS) is 16.0. The van der Waals surface area contributed by atoms with Crippen LogP contribution in [0.5, 0.6) is 5.75 Å². The van der Waals surface area contributed by atoms with Gasteiger partial charge in [-0.15, -0.1) is 0 Å². The third-order valence-electron chi connectivity index (χ3n) is 4.57. The standard InChI is InChI=1S/C20H25N3O/c1-3-22-10-12-23(13-11-22)19-8-6-18(7-9-19)21-15-17-5-4-16(2)14-20(17)24/h4-9,14-15,24H,3,10-13H2,1-2H3. The number of phenolic OH excluding ortho intramolecular Hbond substituents is 1. The van der Waals surface area contributed by atoms with E-state index >= 15 is 0 Å². The molecule has 1 heterocycles. The van der Waals surface area contributed by atoms with E-state index in [1.807, 2.05) is 31.2 Å². The summed E-state index contributed by atoms with van der Waals surface area (Å²) < 4.78 is 0. The van der Waals surface area contributed by atoms with Crippen LogP contribution in [0.4, 0.5) is 11.4 Å². The molecule has 1 fully saturated rings. The summed E-state index contributed by atoms with van der Waals surface area (Å²) in [5.41, 5.74) is 3.92. The highest BCUT2D eigenvalue weighted by molar-refractivity contribution is 5.85. The first-order valence-electron chi connectivity index (χ1n) is 8.57. The lowest BCUT2D eigenvalue weighted by Crippen LogP contribution is -2.46. The summed E-state index contributed by atoms with van der Waals surface area (Å²) in [5, 5.41) is 9.92. The van der Waals surface area contributed by atoms with Crippen LogP contribution in [0, 0.1) is 6.92 Å². The van der Waals surface area contributed by atoms with Gasteiger partial charge in [-0.25, -0.2) is 0 Å². The van der Waals surface area contributed by atoms with Crippen molar-refractivity contribution < 1.29 is 5.11 Å². The summed E-state index contributed by atoms with van der Waals surface area (Å²) in [6.07, 6.45) is 1.71. The quantitative estimate of drug-likeness (QED) is 0.874. The lowest BCUT2D eigenvalue weighted by Gasteiger charge is -2.35. The van der Waals surface area contributed by atoms with Crippen LogP contribution in [0.3, 0.4) is 0 Å². The summed E-state index contributed by atoms with van der Waals surface area (Å²) in [7, 11) is 0. The fourth-order valence-electron chi connectivity index (χ4n) is 2.98. The van der Waals surface area contributed by atoms with Crippen LogP contribution < -0.4 is 4.90 Å². The average molecular weight is 323 g/mol. The van der Waals surface area contributed by atoms with E-state index in [1.54, 1.807) is 12.3 Å². The van der Waals surface area contributed by atoms with Crippen LogP contribution in [-0.2, 0) is 0 Å². The number of hydrogen-bond donors (Lipinski definition) is 1. The molecule has 0 bridgehead atoms. The van der Waals surface area contributed by atoms with Gasteiger partial charge in [0.2, 0.25) is 0 Å². The second-order valence-corrected chi connectivity index (χ2v) is 6.26. The van der Waals surface area contributed by atoms with Gasteiger partial charge in [0.1, 0.15) is 5.75 Å². The van der Waals surface area contributed by atoms with Crippen molar-refractivity contribution in [1.82, 2.24) is 4.90 Å². The first-order valence-corrected chi connectivity index (χ1v) is 8.57. The number of hydrogen-bond acceptors (Lipinski definition) is 4. The molecule has 1 aliphatic rings. The van der Waals surface area contributed by atoms with Gasteiger partial charge in [-0.2, -0.15) is 0 Å². The second-order valence-electron chi connectivity index (χ2n) is 6.26. The molecule has 1 aliphatic heterocycles. The van der Waals surface area contributed by atoms with Gasteiger partial charge in [0.05, 0.1) is 5.69 Å². The molecule has 0 atom stereocenters. The molecule has 4 nitrogen and oxygen atoms in total. The minimum atomic E-state index is 0.268. The highest BCUT2D eigenvalue weighted by Gasteiger charge is 2.15. The predicted octanol–water partition coefficient (Wildman–Crippen LogP) is 3.59. The van der Waals surface area contributed by atoms with E-state index in [4.69, 9.17) is 0 Å². The van der Waals surface area contributed by atoms with Crippen molar-refractivity contribution in [3.05, 3.63) is 53.6 Å². The molecule has 2 aromatic rings. The third-order valence-corrected chi connectivity index (χ3v) is 4.57. The minimum absolute atomic E-state index is 0.268. The molecule has 0 aromatic heterocycles. The zero-order valence-electron chi connectivity index (χ0n) is 14.4. The molecule has 2 aromatic carbocycles. The topological polar surface area (TPSA) is 39.1 Å². The Kier molecular flexibility index (Phi) is 5.16. The zero-order chi connectivity index (χ0) is 16.9. The first kappa shape index (κ1) is 16.5. The van der Waals surface area contributed by atoms with E-state index in [1.165, 1.54) is 5.69 Å². The van der Waals surface area contributed by atoms with E-state index < -0.39 is 0 Å². The zero-order valence-corrected chi connectivity index (χ0v) is 14.4. The van der Waals surface area contributed by atoms with Crippen LogP contribution in [0.15, 0.2) is 47.5 Å². The van der Waals surface area contributed by atoms with Gasteiger partial charge in [-0.05, 0) is 55.4 Å². The number of phenols is 1. The lowest BCUT2D eigenvalue weighted by molar-refractivity contribution is 0.271. The maximum absolute atomic E-state index is 9.92. The number of anilines is 1. The van der Waals surface area contributed by atoms with Crippen molar-refractivity contribution in [3.8, 4) is 5.75 Å². The maximum Gasteiger partial charge on any atom is 0.124 e. The van der Waals surface area contributed by atoms with Crippen LogP contribution in [0.1, 0.15) is 18.1 Å². The Hall–Kier alpha value is -2.33. The number of rotatable bonds is 4. The smallest absolute Gasteiger partial charge is 0.124 e. The van der Waals surface area contributed by atoms with Crippen LogP contribution in [-0.4, -0.2) is 48.9 Å². The molecule has 0 unspecified atom stereocenters. The summed E-state index contributed by atoms with van der Waals surface area (Å²) in [4.78, 5) is 9.36. The Morgan fingerprint density at radius 2 is 1.75 bits per heavy atom. The number of aryl methyl sites for hydroxylation is 1. The number of benzene rings is 2. The molecule has 24 heavy (non-hydrogen) atoms. The minimum Gasteiger partial charge on any atom is -0.507 e. The van der Waals surface area contributed by atoms with Crippen molar-refractivity contribution >= 4 is 17.6 Å². The van der Waals surface area contributed by atoms with E-state index in [0.717, 1.165) is 49.5 Å². The molecule has 0 spiro atoms. The van der Waals surface area contributed by atoms with Crippen LogP contribution >= 0.6 is 0 Å². The molecule has 3 rings (SSSR count). The van der Waals surface area contributed by atoms with Gasteiger partial charge in [0.25, 0.3) is 0 Å². The molecule has 0 radical (unpaired) electrons. The fraction of sp³-hybridized carbons (Fsp3) is 0.350. The Bertz CT molecular complexity index is 701. The molecule has 126 valence electrons. The van der Waals surface area contributed by atoms with Gasteiger partial charge >= 0.3 is 0 Å². The Morgan fingerprint density at radius 1 is 1.04 bits per heavy atom. The highest BCUT2D eigenvalue weighted by Crippen LogP contribution is 2.22. The van der Waals surface area contributed by atoms with E-state index in [2.05, 4.69) is 33.8 Å². The number of likely N-dealkylation sites (N-methyl/N-ethyl adjacent to an activating group) is 1. The summed E-state index contributed by atoms with van der Waals surface area (Å²) in [6.45, 7) is 9.72. The number of aliphatic imine (C=N–C) groups is 1. The van der Waals surface area contributed by atoms with Crippen molar-refractivity contribution in [2.24, 2.45) is 4.99 Å². The predicted molar refractivity (Wildman–Crippen MR) is 101 cm³/mol. The largest absolute Gasteiger partial charge is 0.507 e. The summed E-state index contributed by atoms with van der Waals surface area (Å²) in [6, 6.07) is 13.9. The molecule has 4 heteroatoms. The van der Waals surface area contributed by atoms with Gasteiger partial charge in [-0.1, -0.05) is 13.0 Å². The average Bonchev–Trinajstić information content (AvgIpc) is 2.62. The highest BCUT2D eigenvalue weighted by atomic mass is 16.3. The van der Waals surface area contributed by atoms with E-state index in [-0.39, 0.29) is 5.75 Å². The molecule has 0 amide bonds. The van der Waals surface area contributed by atoms with E-state index in [0.29, 0.717) is 0 Å². The van der Waals surface area contributed by atoms with Gasteiger partial charge in [0.15, 0.2) is 0 Å². The second kappa shape index (κ2) is 7.49. The Labute approximate surface area is 144 Å². The molecule has 1 N–H and O–H groups in total. The first-order chi connectivity index (χ1) is 11.7. The SMILES string of the molecule is CCN1CCN(c2ccc(N=Cc3ccc(C)cc3O)cc2)CC1. The monoisotopic (exact) mass is 323 g/mol. The Morgan fingerprint density at radius 3 is 2.38 bits per heavy atom. The van der Waals surface area contributed by atoms with Gasteiger partial charge in [0, 0.05) is 43.6 Å². The van der Waals surface area contributed by atoms with Crippen molar-refractivity contribution in [3.63, 3.8) is 0 Å². The van der Waals surface area contributed by atoms with Crippen molar-refractivity contribution in [1.29, 1.82) is 0 Å². The molecule has 1 saturated heterocycles. The van der Waals surface area contributed by atoms with Crippen molar-refractivity contribution in [2.75, 3.05) is 37.6 Å². The lowest BCUT2D eigenvalue weighted by atomic mass is 10.1. The van der Waals surface area contributed by atoms with Crippen LogP contribution in [0.2, 0.25) is 0 Å². The number of nitrogens with zero attached hydrogens (tertiary/aromatic N) is 3. The summed E-state index contributed by atoms with van der Waals surface area (Å²) in [5.74, 6) is 0.268. The number of piperazine rings is 1. The fourth-order valence-corrected chi connectivity index (χ4v) is 2.98. The third kappa shape index (κ3) is 3.95. The van der Waals surface area contributed by atoms with Crippen LogP contribution in [0.25, 0.3) is 0 Å². The van der Waals surface area contributed by atoms with Crippen molar-refractivity contribution in [2.45, 2.75) is 13.8 Å².